The summed E-state index contributed by atoms with van der Waals surface area (Å²) in [5.74, 6) is 5.91. The third-order valence-corrected chi connectivity index (χ3v) is 1.39. The summed E-state index contributed by atoms with van der Waals surface area (Å²) in [6.45, 7) is 5.96. The molecule has 0 radical (unpaired) electrons. The maximum atomic E-state index is 5.36. The third-order valence-electron chi connectivity index (χ3n) is 1.39. The topological polar surface area (TPSA) is 76.2 Å². The lowest BCUT2D eigenvalue weighted by molar-refractivity contribution is 0.579. The van der Waals surface area contributed by atoms with E-state index in [0.717, 1.165) is 0 Å². The summed E-state index contributed by atoms with van der Waals surface area (Å²) in [5.41, 5.74) is 2.97. The largest absolute Gasteiger partial charge is 0.307 e. The van der Waals surface area contributed by atoms with Crippen LogP contribution < -0.4 is 11.3 Å². The molecule has 1 heterocycles. The first-order valence-electron chi connectivity index (χ1n) is 4.36. The van der Waals surface area contributed by atoms with Crippen LogP contribution in [0.1, 0.15) is 26.5 Å². The molecule has 0 fully saturated rings. The molecule has 1 aromatic rings. The Kier molecular flexibility index (Phi) is 3.14. The summed E-state index contributed by atoms with van der Waals surface area (Å²) >= 11 is 0. The Morgan fingerprint density at radius 1 is 1.43 bits per heavy atom. The van der Waals surface area contributed by atoms with E-state index in [4.69, 9.17) is 5.84 Å². The van der Waals surface area contributed by atoms with Gasteiger partial charge in [-0.25, -0.2) is 10.8 Å². The van der Waals surface area contributed by atoms with Crippen LogP contribution in [0.5, 0.6) is 0 Å². The summed E-state index contributed by atoms with van der Waals surface area (Å²) in [7, 11) is 0. The average molecular weight is 193 g/mol. The fourth-order valence-corrected chi connectivity index (χ4v) is 0.920. The van der Waals surface area contributed by atoms with E-state index in [-0.39, 0.29) is 5.54 Å². The quantitative estimate of drug-likeness (QED) is 0.294. The van der Waals surface area contributed by atoms with Gasteiger partial charge in [0, 0.05) is 12.4 Å². The number of aromatic nitrogens is 2. The zero-order valence-electron chi connectivity index (χ0n) is 8.65. The Balaban J connectivity index is 3.00. The van der Waals surface area contributed by atoms with Crippen molar-refractivity contribution in [3.63, 3.8) is 0 Å². The Labute approximate surface area is 83.5 Å². The van der Waals surface area contributed by atoms with Crippen LogP contribution in [-0.4, -0.2) is 21.3 Å². The second-order valence-electron chi connectivity index (χ2n) is 3.87. The zero-order chi connectivity index (χ0) is 10.6. The highest BCUT2D eigenvalue weighted by atomic mass is 15.3. The molecule has 5 heteroatoms. The van der Waals surface area contributed by atoms with E-state index in [9.17, 15) is 0 Å². The van der Waals surface area contributed by atoms with Gasteiger partial charge in [-0.15, -0.1) is 0 Å². The van der Waals surface area contributed by atoms with Crippen molar-refractivity contribution in [2.24, 2.45) is 10.8 Å². The second kappa shape index (κ2) is 4.15. The fraction of sp³-hybridized carbons (Fsp3) is 0.444. The maximum absolute atomic E-state index is 5.36. The van der Waals surface area contributed by atoms with Crippen molar-refractivity contribution in [3.8, 4) is 0 Å². The third kappa shape index (κ3) is 3.10. The van der Waals surface area contributed by atoms with Crippen LogP contribution in [0, 0.1) is 0 Å². The summed E-state index contributed by atoms with van der Waals surface area (Å²) in [5, 5.41) is 0. The summed E-state index contributed by atoms with van der Waals surface area (Å²) in [6.07, 6.45) is 4.82. The molecule has 1 rings (SSSR count). The molecule has 0 spiro atoms. The van der Waals surface area contributed by atoms with Crippen LogP contribution in [0.4, 0.5) is 0 Å². The number of rotatable bonds is 1. The van der Waals surface area contributed by atoms with E-state index in [0.29, 0.717) is 11.5 Å². The number of nitrogens with zero attached hydrogens (tertiary/aromatic N) is 3. The molecule has 0 atom stereocenters. The summed E-state index contributed by atoms with van der Waals surface area (Å²) in [4.78, 5) is 12.4. The van der Waals surface area contributed by atoms with Gasteiger partial charge >= 0.3 is 0 Å². The minimum absolute atomic E-state index is 0.195. The monoisotopic (exact) mass is 193 g/mol. The van der Waals surface area contributed by atoms with E-state index in [1.54, 1.807) is 18.6 Å². The maximum Gasteiger partial charge on any atom is 0.163 e. The first kappa shape index (κ1) is 10.6. The van der Waals surface area contributed by atoms with E-state index in [1.807, 2.05) is 20.8 Å². The summed E-state index contributed by atoms with van der Waals surface area (Å²) in [6, 6.07) is 0. The van der Waals surface area contributed by atoms with Crippen LogP contribution in [0.2, 0.25) is 0 Å². The van der Waals surface area contributed by atoms with Gasteiger partial charge in [-0.2, -0.15) is 0 Å². The van der Waals surface area contributed by atoms with Crippen LogP contribution in [0.25, 0.3) is 0 Å². The highest BCUT2D eigenvalue weighted by molar-refractivity contribution is 5.96. The SMILES string of the molecule is CC(C)(C)N=C(NN)c1cnccn1. The molecule has 1 aromatic heterocycles. The second-order valence-corrected chi connectivity index (χ2v) is 3.87. The van der Waals surface area contributed by atoms with Crippen LogP contribution in [0.15, 0.2) is 23.6 Å². The molecule has 5 nitrogen and oxygen atoms in total. The van der Waals surface area contributed by atoms with Gasteiger partial charge in [0.25, 0.3) is 0 Å². The molecule has 0 aliphatic heterocycles. The van der Waals surface area contributed by atoms with Crippen LogP contribution in [0.3, 0.4) is 0 Å². The lowest BCUT2D eigenvalue weighted by atomic mass is 10.1. The van der Waals surface area contributed by atoms with Crippen molar-refractivity contribution < 1.29 is 0 Å². The molecule has 0 bridgehead atoms. The first-order valence-corrected chi connectivity index (χ1v) is 4.36. The molecule has 0 saturated heterocycles. The fourth-order valence-electron chi connectivity index (χ4n) is 0.920. The average Bonchev–Trinajstić information content (AvgIpc) is 2.14. The molecule has 0 amide bonds. The normalized spacial score (nSPS) is 12.7. The molecule has 0 aliphatic rings. The number of nitrogens with one attached hydrogen (secondary N) is 1. The van der Waals surface area contributed by atoms with Crippen LogP contribution in [-0.2, 0) is 0 Å². The number of hydrogen-bond donors (Lipinski definition) is 2. The molecular formula is C9H15N5. The zero-order valence-corrected chi connectivity index (χ0v) is 8.65. The number of hydrogen-bond acceptors (Lipinski definition) is 4. The van der Waals surface area contributed by atoms with Crippen molar-refractivity contribution in [2.75, 3.05) is 0 Å². The molecule has 14 heavy (non-hydrogen) atoms. The number of hydrazine groups is 1. The Bertz CT molecular complexity index is 312. The van der Waals surface area contributed by atoms with Gasteiger partial charge < -0.3 is 5.43 Å². The van der Waals surface area contributed by atoms with Crippen molar-refractivity contribution in [3.05, 3.63) is 24.3 Å². The van der Waals surface area contributed by atoms with Gasteiger partial charge in [-0.05, 0) is 20.8 Å². The smallest absolute Gasteiger partial charge is 0.163 e. The van der Waals surface area contributed by atoms with Gasteiger partial charge in [0.1, 0.15) is 5.69 Å². The van der Waals surface area contributed by atoms with Gasteiger partial charge in [-0.3, -0.25) is 9.98 Å². The van der Waals surface area contributed by atoms with E-state index < -0.39 is 0 Å². The van der Waals surface area contributed by atoms with E-state index >= 15 is 0 Å². The van der Waals surface area contributed by atoms with Crippen molar-refractivity contribution in [2.45, 2.75) is 26.3 Å². The standard InChI is InChI=1S/C9H15N5/c1-9(2,3)13-8(14-10)7-6-11-4-5-12-7/h4-6H,10H2,1-3H3,(H,13,14). The minimum Gasteiger partial charge on any atom is -0.307 e. The Hall–Kier alpha value is -1.49. The molecular weight excluding hydrogens is 178 g/mol. The lowest BCUT2D eigenvalue weighted by Gasteiger charge is -2.14. The Morgan fingerprint density at radius 2 is 2.14 bits per heavy atom. The number of nitrogens with two attached hydrogens (primary N) is 1. The van der Waals surface area contributed by atoms with E-state index in [1.165, 1.54) is 0 Å². The van der Waals surface area contributed by atoms with E-state index in [2.05, 4.69) is 20.4 Å². The first-order chi connectivity index (χ1) is 6.53. The number of aliphatic imine (C=N–C) groups is 1. The van der Waals surface area contributed by atoms with Crippen molar-refractivity contribution in [1.29, 1.82) is 0 Å². The highest BCUT2D eigenvalue weighted by Crippen LogP contribution is 2.07. The number of amidine groups is 1. The van der Waals surface area contributed by atoms with Crippen molar-refractivity contribution >= 4 is 5.84 Å². The molecule has 3 N–H and O–H groups in total. The Morgan fingerprint density at radius 3 is 2.57 bits per heavy atom. The predicted molar refractivity (Wildman–Crippen MR) is 55.6 cm³/mol. The molecule has 0 aliphatic carbocycles. The molecule has 0 unspecified atom stereocenters. The van der Waals surface area contributed by atoms with Gasteiger partial charge in [0.2, 0.25) is 0 Å². The van der Waals surface area contributed by atoms with Gasteiger partial charge in [0.15, 0.2) is 5.84 Å². The predicted octanol–water partition coefficient (Wildman–Crippen LogP) is 0.485. The molecule has 0 aromatic carbocycles. The van der Waals surface area contributed by atoms with Crippen molar-refractivity contribution in [1.82, 2.24) is 15.4 Å². The van der Waals surface area contributed by atoms with Gasteiger partial charge in [0.05, 0.1) is 11.7 Å². The lowest BCUT2D eigenvalue weighted by Crippen LogP contribution is -2.34. The van der Waals surface area contributed by atoms with Gasteiger partial charge in [-0.1, -0.05) is 0 Å². The molecule has 0 saturated carbocycles. The van der Waals surface area contributed by atoms with Crippen LogP contribution >= 0.6 is 0 Å². The highest BCUT2D eigenvalue weighted by Gasteiger charge is 2.11. The minimum atomic E-state index is -0.195. The molecule has 76 valence electrons. The summed E-state index contributed by atoms with van der Waals surface area (Å²) < 4.78 is 0.